The van der Waals surface area contributed by atoms with Gasteiger partial charge in [-0.2, -0.15) is 0 Å². The predicted molar refractivity (Wildman–Crippen MR) is 102 cm³/mol. The molecule has 5 nitrogen and oxygen atoms in total. The van der Waals surface area contributed by atoms with Crippen molar-refractivity contribution in [2.75, 3.05) is 24.7 Å². The van der Waals surface area contributed by atoms with E-state index in [1.54, 1.807) is 24.3 Å². The Morgan fingerprint density at radius 3 is 2.63 bits per heavy atom. The number of rotatable bonds is 8. The van der Waals surface area contributed by atoms with Crippen molar-refractivity contribution in [2.45, 2.75) is 25.1 Å². The molecule has 2 atom stereocenters. The zero-order valence-electron chi connectivity index (χ0n) is 15.0. The maximum atomic E-state index is 13.5. The summed E-state index contributed by atoms with van der Waals surface area (Å²) in [5, 5.41) is 10.4. The molecule has 0 saturated carbocycles. The van der Waals surface area contributed by atoms with Gasteiger partial charge in [0.1, 0.15) is 24.3 Å². The molecule has 2 aromatic carbocycles. The molecule has 1 fully saturated rings. The van der Waals surface area contributed by atoms with E-state index < -0.39 is 15.9 Å². The Balaban J connectivity index is 1.65. The Labute approximate surface area is 159 Å². The molecule has 1 N–H and O–H groups in total. The quantitative estimate of drug-likeness (QED) is 0.745. The summed E-state index contributed by atoms with van der Waals surface area (Å²) in [7, 11) is -3.06. The number of hydrogen-bond acceptors (Lipinski definition) is 5. The smallest absolute Gasteiger partial charge is 0.151 e. The molecule has 0 bridgehead atoms. The highest BCUT2D eigenvalue weighted by Crippen LogP contribution is 2.21. The van der Waals surface area contributed by atoms with E-state index in [9.17, 15) is 17.9 Å². The maximum absolute atomic E-state index is 13.5. The minimum atomic E-state index is -3.06. The standard InChI is InChI=1S/C20H24FNO4S/c21-17-6-4-5-16(11-17)12-22(18-9-10-27(24,25)15-18)13-19(23)14-26-20-7-2-1-3-8-20/h1-8,11,18-19,23H,9-10,12-15H2/t18-,19+/m0/s1. The Bertz CT molecular complexity index is 844. The van der Waals surface area contributed by atoms with Crippen molar-refractivity contribution in [3.8, 4) is 5.75 Å². The van der Waals surface area contributed by atoms with Gasteiger partial charge in [-0.15, -0.1) is 0 Å². The summed E-state index contributed by atoms with van der Waals surface area (Å²) < 4.78 is 42.8. The molecule has 7 heteroatoms. The monoisotopic (exact) mass is 393 g/mol. The SMILES string of the molecule is O=S1(=O)CC[C@H](N(Cc2cccc(F)c2)C[C@@H](O)COc2ccccc2)C1. The Hall–Kier alpha value is -1.96. The average Bonchev–Trinajstić information content (AvgIpc) is 3.00. The van der Waals surface area contributed by atoms with Crippen LogP contribution in [0.15, 0.2) is 54.6 Å². The van der Waals surface area contributed by atoms with Gasteiger partial charge in [0, 0.05) is 19.1 Å². The lowest BCUT2D eigenvalue weighted by atomic mass is 10.1. The molecule has 1 aliphatic heterocycles. The van der Waals surface area contributed by atoms with Gasteiger partial charge in [0.25, 0.3) is 0 Å². The highest BCUT2D eigenvalue weighted by molar-refractivity contribution is 7.91. The Morgan fingerprint density at radius 1 is 1.19 bits per heavy atom. The van der Waals surface area contributed by atoms with E-state index in [2.05, 4.69) is 0 Å². The van der Waals surface area contributed by atoms with Gasteiger partial charge in [-0.3, -0.25) is 4.90 Å². The summed E-state index contributed by atoms with van der Waals surface area (Å²) in [6.45, 7) is 0.729. The van der Waals surface area contributed by atoms with Crippen molar-refractivity contribution in [3.05, 3.63) is 66.0 Å². The molecule has 27 heavy (non-hydrogen) atoms. The molecule has 1 saturated heterocycles. The summed E-state index contributed by atoms with van der Waals surface area (Å²) in [5.41, 5.74) is 0.746. The molecule has 0 aromatic heterocycles. The second-order valence-electron chi connectivity index (χ2n) is 6.89. The Morgan fingerprint density at radius 2 is 1.96 bits per heavy atom. The lowest BCUT2D eigenvalue weighted by molar-refractivity contribution is 0.0524. The fraction of sp³-hybridized carbons (Fsp3) is 0.400. The van der Waals surface area contributed by atoms with Crippen molar-refractivity contribution in [1.82, 2.24) is 4.90 Å². The van der Waals surface area contributed by atoms with E-state index in [4.69, 9.17) is 4.74 Å². The van der Waals surface area contributed by atoms with Crippen molar-refractivity contribution < 1.29 is 22.7 Å². The molecule has 1 aliphatic rings. The van der Waals surface area contributed by atoms with Gasteiger partial charge in [-0.05, 0) is 36.2 Å². The van der Waals surface area contributed by atoms with Gasteiger partial charge in [0.15, 0.2) is 9.84 Å². The molecule has 0 radical (unpaired) electrons. The summed E-state index contributed by atoms with van der Waals surface area (Å²) in [6, 6.07) is 15.2. The first-order valence-electron chi connectivity index (χ1n) is 8.96. The second kappa shape index (κ2) is 8.82. The number of para-hydroxylation sites is 1. The zero-order chi connectivity index (χ0) is 19.3. The highest BCUT2D eigenvalue weighted by atomic mass is 32.2. The molecule has 0 unspecified atom stereocenters. The number of benzene rings is 2. The van der Waals surface area contributed by atoms with Crippen LogP contribution in [0, 0.1) is 5.82 Å². The molecule has 146 valence electrons. The molecule has 0 amide bonds. The minimum absolute atomic E-state index is 0.0641. The van der Waals surface area contributed by atoms with E-state index in [1.165, 1.54) is 12.1 Å². The second-order valence-corrected chi connectivity index (χ2v) is 9.12. The summed E-state index contributed by atoms with van der Waals surface area (Å²) in [4.78, 5) is 1.92. The van der Waals surface area contributed by atoms with E-state index in [0.717, 1.165) is 5.56 Å². The van der Waals surface area contributed by atoms with Crippen LogP contribution in [0.1, 0.15) is 12.0 Å². The summed E-state index contributed by atoms with van der Waals surface area (Å²) in [6.07, 6.45) is -0.272. The molecule has 2 aromatic rings. The van der Waals surface area contributed by atoms with Crippen molar-refractivity contribution in [1.29, 1.82) is 0 Å². The third kappa shape index (κ3) is 6.02. The lowest BCUT2D eigenvalue weighted by Gasteiger charge is -2.30. The van der Waals surface area contributed by atoms with Crippen LogP contribution in [0.4, 0.5) is 4.39 Å². The summed E-state index contributed by atoms with van der Waals surface area (Å²) >= 11 is 0. The van der Waals surface area contributed by atoms with Crippen LogP contribution in [0.25, 0.3) is 0 Å². The van der Waals surface area contributed by atoms with Crippen LogP contribution >= 0.6 is 0 Å². The molecule has 0 aliphatic carbocycles. The number of halogens is 1. The molecule has 0 spiro atoms. The van der Waals surface area contributed by atoms with Gasteiger partial charge in [-0.1, -0.05) is 30.3 Å². The van der Waals surface area contributed by atoms with Crippen LogP contribution in [-0.2, 0) is 16.4 Å². The van der Waals surface area contributed by atoms with E-state index >= 15 is 0 Å². The fourth-order valence-electron chi connectivity index (χ4n) is 3.31. The number of hydrogen-bond donors (Lipinski definition) is 1. The van der Waals surface area contributed by atoms with Crippen LogP contribution < -0.4 is 4.74 Å². The van der Waals surface area contributed by atoms with Gasteiger partial charge < -0.3 is 9.84 Å². The van der Waals surface area contributed by atoms with Crippen molar-refractivity contribution in [2.24, 2.45) is 0 Å². The average molecular weight is 393 g/mol. The van der Waals surface area contributed by atoms with Crippen molar-refractivity contribution in [3.63, 3.8) is 0 Å². The third-order valence-electron chi connectivity index (χ3n) is 4.63. The first-order valence-corrected chi connectivity index (χ1v) is 10.8. The normalized spacial score (nSPS) is 19.9. The summed E-state index contributed by atoms with van der Waals surface area (Å²) in [5.74, 6) is 0.541. The maximum Gasteiger partial charge on any atom is 0.151 e. The van der Waals surface area contributed by atoms with E-state index in [-0.39, 0.29) is 36.5 Å². The van der Waals surface area contributed by atoms with Gasteiger partial charge >= 0.3 is 0 Å². The van der Waals surface area contributed by atoms with Crippen LogP contribution in [0.3, 0.4) is 0 Å². The lowest BCUT2D eigenvalue weighted by Crippen LogP contribution is -2.42. The van der Waals surface area contributed by atoms with E-state index in [0.29, 0.717) is 18.7 Å². The highest BCUT2D eigenvalue weighted by Gasteiger charge is 2.33. The van der Waals surface area contributed by atoms with Crippen LogP contribution in [0.2, 0.25) is 0 Å². The number of nitrogens with zero attached hydrogens (tertiary/aromatic N) is 1. The first kappa shape index (κ1) is 19.8. The molecule has 3 rings (SSSR count). The number of aliphatic hydroxyl groups is 1. The minimum Gasteiger partial charge on any atom is -0.491 e. The third-order valence-corrected chi connectivity index (χ3v) is 6.38. The zero-order valence-corrected chi connectivity index (χ0v) is 15.8. The van der Waals surface area contributed by atoms with E-state index in [1.807, 2.05) is 23.1 Å². The topological polar surface area (TPSA) is 66.8 Å². The molecular weight excluding hydrogens is 369 g/mol. The number of ether oxygens (including phenoxy) is 1. The Kier molecular flexibility index (Phi) is 6.46. The molecular formula is C20H24FNO4S. The van der Waals surface area contributed by atoms with Crippen LogP contribution in [-0.4, -0.2) is 55.2 Å². The predicted octanol–water partition coefficient (Wildman–Crippen LogP) is 2.25. The first-order chi connectivity index (χ1) is 12.9. The number of sulfone groups is 1. The van der Waals surface area contributed by atoms with Gasteiger partial charge in [0.05, 0.1) is 11.5 Å². The van der Waals surface area contributed by atoms with Crippen molar-refractivity contribution >= 4 is 9.84 Å². The largest absolute Gasteiger partial charge is 0.491 e. The van der Waals surface area contributed by atoms with Gasteiger partial charge in [-0.25, -0.2) is 12.8 Å². The number of aliphatic hydroxyl groups excluding tert-OH is 1. The fourth-order valence-corrected chi connectivity index (χ4v) is 5.07. The van der Waals surface area contributed by atoms with Crippen LogP contribution in [0.5, 0.6) is 5.75 Å². The van der Waals surface area contributed by atoms with Gasteiger partial charge in [0.2, 0.25) is 0 Å². The molecule has 1 heterocycles.